The van der Waals surface area contributed by atoms with E-state index in [0.717, 1.165) is 25.4 Å². The lowest BCUT2D eigenvalue weighted by molar-refractivity contribution is 0.414. The van der Waals surface area contributed by atoms with Gasteiger partial charge in [0.15, 0.2) is 0 Å². The average Bonchev–Trinajstić information content (AvgIpc) is 2.28. The summed E-state index contributed by atoms with van der Waals surface area (Å²) >= 11 is 0. The summed E-state index contributed by atoms with van der Waals surface area (Å²) < 4.78 is 5.23. The van der Waals surface area contributed by atoms with Crippen molar-refractivity contribution in [3.05, 3.63) is 23.8 Å². The predicted molar refractivity (Wildman–Crippen MR) is 67.4 cm³/mol. The second-order valence-electron chi connectivity index (χ2n) is 4.45. The first-order valence-corrected chi connectivity index (χ1v) is 5.83. The SMILES string of the molecule is COc1ccc(N2CCNC(C)C2)c(C)c1. The Balaban J connectivity index is 2.19. The predicted octanol–water partition coefficient (Wildman–Crippen LogP) is 1.80. The van der Waals surface area contributed by atoms with Gasteiger partial charge in [0.2, 0.25) is 0 Å². The van der Waals surface area contributed by atoms with Crippen LogP contribution in [0.5, 0.6) is 5.75 Å². The Labute approximate surface area is 97.4 Å². The summed E-state index contributed by atoms with van der Waals surface area (Å²) in [5.41, 5.74) is 2.61. The van der Waals surface area contributed by atoms with E-state index in [1.807, 2.05) is 6.07 Å². The Hall–Kier alpha value is -1.22. The summed E-state index contributed by atoms with van der Waals surface area (Å²) in [6, 6.07) is 6.86. The molecule has 1 heterocycles. The Kier molecular flexibility index (Phi) is 3.34. The summed E-state index contributed by atoms with van der Waals surface area (Å²) in [7, 11) is 1.71. The van der Waals surface area contributed by atoms with Gasteiger partial charge in [-0.3, -0.25) is 0 Å². The van der Waals surface area contributed by atoms with Crippen molar-refractivity contribution in [2.45, 2.75) is 19.9 Å². The molecule has 1 aromatic rings. The van der Waals surface area contributed by atoms with Gasteiger partial charge in [-0.1, -0.05) is 0 Å². The van der Waals surface area contributed by atoms with E-state index in [1.54, 1.807) is 7.11 Å². The second-order valence-corrected chi connectivity index (χ2v) is 4.45. The van der Waals surface area contributed by atoms with Crippen molar-refractivity contribution in [2.75, 3.05) is 31.6 Å². The molecule has 88 valence electrons. The average molecular weight is 220 g/mol. The molecule has 0 saturated carbocycles. The molecule has 1 saturated heterocycles. The van der Waals surface area contributed by atoms with Crippen LogP contribution in [-0.4, -0.2) is 32.8 Å². The zero-order chi connectivity index (χ0) is 11.5. The third kappa shape index (κ3) is 2.30. The molecular formula is C13H20N2O. The molecule has 3 nitrogen and oxygen atoms in total. The van der Waals surface area contributed by atoms with E-state index in [-0.39, 0.29) is 0 Å². The molecule has 0 radical (unpaired) electrons. The first-order valence-electron chi connectivity index (χ1n) is 5.83. The van der Waals surface area contributed by atoms with Crippen LogP contribution >= 0.6 is 0 Å². The number of nitrogens with one attached hydrogen (secondary N) is 1. The van der Waals surface area contributed by atoms with Crippen LogP contribution in [0, 0.1) is 6.92 Å². The highest BCUT2D eigenvalue weighted by Crippen LogP contribution is 2.25. The number of benzene rings is 1. The van der Waals surface area contributed by atoms with E-state index >= 15 is 0 Å². The fraction of sp³-hybridized carbons (Fsp3) is 0.538. The Bertz CT molecular complexity index is 365. The molecule has 3 heteroatoms. The molecule has 1 atom stereocenters. The van der Waals surface area contributed by atoms with Gasteiger partial charge in [0.1, 0.15) is 5.75 Å². The highest BCUT2D eigenvalue weighted by molar-refractivity contribution is 5.56. The molecule has 1 N–H and O–H groups in total. The molecule has 1 unspecified atom stereocenters. The summed E-state index contributed by atoms with van der Waals surface area (Å²) in [5.74, 6) is 0.935. The molecular weight excluding hydrogens is 200 g/mol. The van der Waals surface area contributed by atoms with Crippen molar-refractivity contribution >= 4 is 5.69 Å². The zero-order valence-corrected chi connectivity index (χ0v) is 10.3. The molecule has 16 heavy (non-hydrogen) atoms. The van der Waals surface area contributed by atoms with Gasteiger partial charge in [0.05, 0.1) is 7.11 Å². The van der Waals surface area contributed by atoms with E-state index in [4.69, 9.17) is 4.74 Å². The van der Waals surface area contributed by atoms with Gasteiger partial charge in [-0.05, 0) is 37.6 Å². The van der Waals surface area contributed by atoms with E-state index < -0.39 is 0 Å². The van der Waals surface area contributed by atoms with Crippen molar-refractivity contribution in [3.63, 3.8) is 0 Å². The van der Waals surface area contributed by atoms with Crippen LogP contribution in [0.25, 0.3) is 0 Å². The van der Waals surface area contributed by atoms with Crippen LogP contribution in [-0.2, 0) is 0 Å². The van der Waals surface area contributed by atoms with Crippen molar-refractivity contribution in [1.29, 1.82) is 0 Å². The van der Waals surface area contributed by atoms with Crippen LogP contribution in [0.15, 0.2) is 18.2 Å². The molecule has 0 bridgehead atoms. The molecule has 0 aliphatic carbocycles. The number of anilines is 1. The molecule has 1 aromatic carbocycles. The number of aryl methyl sites for hydroxylation is 1. The van der Waals surface area contributed by atoms with Crippen molar-refractivity contribution in [1.82, 2.24) is 5.32 Å². The number of hydrogen-bond acceptors (Lipinski definition) is 3. The van der Waals surface area contributed by atoms with Crippen molar-refractivity contribution in [2.24, 2.45) is 0 Å². The van der Waals surface area contributed by atoms with Gasteiger partial charge in [-0.2, -0.15) is 0 Å². The second kappa shape index (κ2) is 4.74. The van der Waals surface area contributed by atoms with Crippen LogP contribution in [0.2, 0.25) is 0 Å². The van der Waals surface area contributed by atoms with Gasteiger partial charge in [0, 0.05) is 31.4 Å². The summed E-state index contributed by atoms with van der Waals surface area (Å²) in [5, 5.41) is 3.46. The van der Waals surface area contributed by atoms with E-state index in [2.05, 4.69) is 36.2 Å². The van der Waals surface area contributed by atoms with Crippen LogP contribution in [0.4, 0.5) is 5.69 Å². The fourth-order valence-electron chi connectivity index (χ4n) is 2.26. The van der Waals surface area contributed by atoms with Crippen molar-refractivity contribution in [3.8, 4) is 5.75 Å². The minimum atomic E-state index is 0.565. The Morgan fingerprint density at radius 1 is 1.44 bits per heavy atom. The topological polar surface area (TPSA) is 24.5 Å². The highest BCUT2D eigenvalue weighted by Gasteiger charge is 2.17. The standard InChI is InChI=1S/C13H20N2O/c1-10-8-12(16-3)4-5-13(10)15-7-6-14-11(2)9-15/h4-5,8,11,14H,6-7,9H2,1-3H3. The zero-order valence-electron chi connectivity index (χ0n) is 10.3. The fourth-order valence-corrected chi connectivity index (χ4v) is 2.26. The smallest absolute Gasteiger partial charge is 0.119 e. The minimum absolute atomic E-state index is 0.565. The van der Waals surface area contributed by atoms with Gasteiger partial charge in [0.25, 0.3) is 0 Å². The third-order valence-electron chi connectivity index (χ3n) is 3.11. The van der Waals surface area contributed by atoms with E-state index in [9.17, 15) is 0 Å². The quantitative estimate of drug-likeness (QED) is 0.822. The van der Waals surface area contributed by atoms with Crippen LogP contribution in [0.3, 0.4) is 0 Å². The third-order valence-corrected chi connectivity index (χ3v) is 3.11. The number of piperazine rings is 1. The molecule has 1 aliphatic heterocycles. The van der Waals surface area contributed by atoms with Gasteiger partial charge < -0.3 is 15.0 Å². The number of nitrogens with zero attached hydrogens (tertiary/aromatic N) is 1. The van der Waals surface area contributed by atoms with Crippen molar-refractivity contribution < 1.29 is 4.74 Å². The van der Waals surface area contributed by atoms with Gasteiger partial charge in [-0.25, -0.2) is 0 Å². The number of hydrogen-bond donors (Lipinski definition) is 1. The number of rotatable bonds is 2. The minimum Gasteiger partial charge on any atom is -0.497 e. The Morgan fingerprint density at radius 2 is 2.25 bits per heavy atom. The molecule has 1 aliphatic rings. The first-order chi connectivity index (χ1) is 7.70. The lowest BCUT2D eigenvalue weighted by atomic mass is 10.1. The summed E-state index contributed by atoms with van der Waals surface area (Å²) in [6.45, 7) is 7.59. The first kappa shape index (κ1) is 11.3. The van der Waals surface area contributed by atoms with Gasteiger partial charge >= 0.3 is 0 Å². The van der Waals surface area contributed by atoms with Gasteiger partial charge in [-0.15, -0.1) is 0 Å². The van der Waals surface area contributed by atoms with E-state index in [1.165, 1.54) is 11.3 Å². The molecule has 0 amide bonds. The number of methoxy groups -OCH3 is 1. The Morgan fingerprint density at radius 3 is 2.88 bits per heavy atom. The molecule has 0 spiro atoms. The maximum atomic E-state index is 5.23. The molecule has 1 fully saturated rings. The summed E-state index contributed by atoms with van der Waals surface area (Å²) in [4.78, 5) is 2.44. The molecule has 2 rings (SSSR count). The lowest BCUT2D eigenvalue weighted by Gasteiger charge is -2.34. The number of ether oxygens (including phenoxy) is 1. The lowest BCUT2D eigenvalue weighted by Crippen LogP contribution is -2.49. The molecule has 0 aromatic heterocycles. The summed E-state index contributed by atoms with van der Waals surface area (Å²) in [6.07, 6.45) is 0. The normalized spacial score (nSPS) is 20.9. The monoisotopic (exact) mass is 220 g/mol. The maximum absolute atomic E-state index is 5.23. The maximum Gasteiger partial charge on any atom is 0.119 e. The van der Waals surface area contributed by atoms with Crippen LogP contribution in [0.1, 0.15) is 12.5 Å². The largest absolute Gasteiger partial charge is 0.497 e. The highest BCUT2D eigenvalue weighted by atomic mass is 16.5. The van der Waals surface area contributed by atoms with E-state index in [0.29, 0.717) is 6.04 Å². The van der Waals surface area contributed by atoms with Crippen LogP contribution < -0.4 is 15.0 Å².